The van der Waals surface area contributed by atoms with E-state index in [9.17, 15) is 8.42 Å². The Morgan fingerprint density at radius 3 is 2.73 bits per heavy atom. The summed E-state index contributed by atoms with van der Waals surface area (Å²) in [6.07, 6.45) is 2.28. The zero-order chi connectivity index (χ0) is 11.5. The molecule has 1 aliphatic carbocycles. The Hall–Kier alpha value is -0.860. The van der Waals surface area contributed by atoms with Crippen molar-refractivity contribution in [3.05, 3.63) is 0 Å². The van der Waals surface area contributed by atoms with Gasteiger partial charge in [0.15, 0.2) is 0 Å². The summed E-state index contributed by atoms with van der Waals surface area (Å²) < 4.78 is 27.1. The van der Waals surface area contributed by atoms with Crippen LogP contribution in [0, 0.1) is 5.92 Å². The van der Waals surface area contributed by atoms with Crippen LogP contribution in [0.5, 0.6) is 0 Å². The van der Waals surface area contributed by atoms with Gasteiger partial charge in [-0.2, -0.15) is 13.1 Å². The Labute approximate surface area is 88.9 Å². The molecule has 0 amide bonds. The van der Waals surface area contributed by atoms with Crippen LogP contribution in [0.3, 0.4) is 0 Å². The van der Waals surface area contributed by atoms with Crippen molar-refractivity contribution in [2.75, 3.05) is 7.05 Å². The molecule has 0 aromatic carbocycles. The van der Waals surface area contributed by atoms with Crippen molar-refractivity contribution in [2.45, 2.75) is 25.3 Å². The Morgan fingerprint density at radius 1 is 1.53 bits per heavy atom. The number of amidine groups is 1. The highest BCUT2D eigenvalue weighted by Gasteiger charge is 2.33. The maximum atomic E-state index is 11.2. The van der Waals surface area contributed by atoms with Crippen molar-refractivity contribution in [2.24, 2.45) is 16.8 Å². The molecule has 8 heteroatoms. The van der Waals surface area contributed by atoms with E-state index in [4.69, 9.17) is 10.9 Å². The molecule has 1 fully saturated rings. The minimum Gasteiger partial charge on any atom is -0.409 e. The average molecular weight is 236 g/mol. The van der Waals surface area contributed by atoms with Crippen LogP contribution < -0.4 is 15.2 Å². The lowest BCUT2D eigenvalue weighted by atomic mass is 10.0. The zero-order valence-electron chi connectivity index (χ0n) is 8.47. The third kappa shape index (κ3) is 3.05. The molecule has 1 rings (SSSR count). The van der Waals surface area contributed by atoms with Crippen molar-refractivity contribution in [3.63, 3.8) is 0 Å². The van der Waals surface area contributed by atoms with Crippen molar-refractivity contribution in [3.8, 4) is 0 Å². The molecule has 0 aromatic rings. The summed E-state index contributed by atoms with van der Waals surface area (Å²) in [6, 6.07) is -0.293. The summed E-state index contributed by atoms with van der Waals surface area (Å²) in [5.74, 6) is -0.144. The summed E-state index contributed by atoms with van der Waals surface area (Å²) in [7, 11) is -2.14. The molecular weight excluding hydrogens is 220 g/mol. The largest absolute Gasteiger partial charge is 0.409 e. The normalized spacial score (nSPS) is 28.2. The number of hydrogen-bond acceptors (Lipinski definition) is 4. The lowest BCUT2D eigenvalue weighted by Gasteiger charge is -2.19. The van der Waals surface area contributed by atoms with Crippen molar-refractivity contribution >= 4 is 16.0 Å². The second-order valence-electron chi connectivity index (χ2n) is 3.49. The van der Waals surface area contributed by atoms with Gasteiger partial charge in [-0.15, -0.1) is 0 Å². The Bertz CT molecular complexity index is 340. The van der Waals surface area contributed by atoms with Crippen LogP contribution in [-0.4, -0.2) is 32.6 Å². The fraction of sp³-hybridized carbons (Fsp3) is 0.857. The molecule has 0 heterocycles. The first-order chi connectivity index (χ1) is 7.00. The van der Waals surface area contributed by atoms with Crippen LogP contribution in [0.4, 0.5) is 0 Å². The third-order valence-corrected chi connectivity index (χ3v) is 3.74. The molecule has 1 saturated carbocycles. The molecule has 0 bridgehead atoms. The van der Waals surface area contributed by atoms with Gasteiger partial charge in [-0.25, -0.2) is 4.72 Å². The number of nitrogens with zero attached hydrogens (tertiary/aromatic N) is 1. The van der Waals surface area contributed by atoms with Gasteiger partial charge < -0.3 is 10.9 Å². The van der Waals surface area contributed by atoms with Gasteiger partial charge in [0.25, 0.3) is 10.2 Å². The van der Waals surface area contributed by atoms with E-state index >= 15 is 0 Å². The number of nitrogens with two attached hydrogens (primary N) is 1. The van der Waals surface area contributed by atoms with E-state index in [0.717, 1.165) is 12.8 Å². The van der Waals surface area contributed by atoms with Gasteiger partial charge in [0.05, 0.1) is 0 Å². The fourth-order valence-electron chi connectivity index (χ4n) is 1.79. The molecule has 2 atom stereocenters. The highest BCUT2D eigenvalue weighted by molar-refractivity contribution is 7.87. The van der Waals surface area contributed by atoms with Gasteiger partial charge in [-0.05, 0) is 12.8 Å². The molecular formula is C7H16N4O3S. The first-order valence-electron chi connectivity index (χ1n) is 4.68. The summed E-state index contributed by atoms with van der Waals surface area (Å²) in [4.78, 5) is 0. The smallest absolute Gasteiger partial charge is 0.276 e. The minimum absolute atomic E-state index is 0.0799. The second kappa shape index (κ2) is 4.77. The third-order valence-electron chi connectivity index (χ3n) is 2.59. The zero-order valence-corrected chi connectivity index (χ0v) is 9.29. The maximum absolute atomic E-state index is 11.2. The van der Waals surface area contributed by atoms with Crippen LogP contribution in [0.15, 0.2) is 5.16 Å². The summed E-state index contributed by atoms with van der Waals surface area (Å²) in [5, 5.41) is 11.5. The van der Waals surface area contributed by atoms with Crippen LogP contribution in [-0.2, 0) is 10.2 Å². The van der Waals surface area contributed by atoms with Gasteiger partial charge in [0, 0.05) is 19.0 Å². The van der Waals surface area contributed by atoms with Gasteiger partial charge in [-0.3, -0.25) is 0 Å². The molecule has 5 N–H and O–H groups in total. The number of rotatable bonds is 4. The Balaban J connectivity index is 2.70. The van der Waals surface area contributed by atoms with Crippen molar-refractivity contribution in [1.82, 2.24) is 9.44 Å². The van der Waals surface area contributed by atoms with Gasteiger partial charge in [-0.1, -0.05) is 11.6 Å². The Kier molecular flexibility index (Phi) is 3.89. The molecule has 7 nitrogen and oxygen atoms in total. The first kappa shape index (κ1) is 12.2. The van der Waals surface area contributed by atoms with Crippen molar-refractivity contribution < 1.29 is 13.6 Å². The average Bonchev–Trinajstić information content (AvgIpc) is 2.64. The van der Waals surface area contributed by atoms with E-state index in [1.807, 2.05) is 0 Å². The van der Waals surface area contributed by atoms with Crippen LogP contribution >= 0.6 is 0 Å². The predicted octanol–water partition coefficient (Wildman–Crippen LogP) is -1.04. The Morgan fingerprint density at radius 2 is 2.20 bits per heavy atom. The molecule has 1 aliphatic rings. The fourth-order valence-corrected chi connectivity index (χ4v) is 2.59. The number of nitrogens with one attached hydrogen (secondary N) is 2. The number of hydrogen-bond donors (Lipinski definition) is 4. The van der Waals surface area contributed by atoms with E-state index < -0.39 is 10.2 Å². The van der Waals surface area contributed by atoms with Gasteiger partial charge in [0.2, 0.25) is 0 Å². The molecule has 88 valence electrons. The second-order valence-corrected chi connectivity index (χ2v) is 5.14. The van der Waals surface area contributed by atoms with E-state index in [1.54, 1.807) is 0 Å². The molecule has 2 unspecified atom stereocenters. The standard InChI is InChI=1S/C7H16N4O3S/c1-9-15(13,14)11-6-4-2-3-5(6)7(8)10-12/h5-6,9,11-12H,2-4H2,1H3,(H2,8,10). The molecule has 0 spiro atoms. The monoisotopic (exact) mass is 236 g/mol. The summed E-state index contributed by atoms with van der Waals surface area (Å²) in [5.41, 5.74) is 5.47. The molecule has 15 heavy (non-hydrogen) atoms. The predicted molar refractivity (Wildman–Crippen MR) is 55.7 cm³/mol. The van der Waals surface area contributed by atoms with Crippen LogP contribution in [0.2, 0.25) is 0 Å². The summed E-state index contributed by atoms with van der Waals surface area (Å²) in [6.45, 7) is 0. The quantitative estimate of drug-likeness (QED) is 0.216. The highest BCUT2D eigenvalue weighted by Crippen LogP contribution is 2.26. The first-order valence-corrected chi connectivity index (χ1v) is 6.16. The molecule has 0 radical (unpaired) electrons. The SMILES string of the molecule is CNS(=O)(=O)NC1CCCC1C(N)=NO. The van der Waals surface area contributed by atoms with Crippen LogP contribution in [0.25, 0.3) is 0 Å². The molecule has 0 saturated heterocycles. The number of oxime groups is 1. The van der Waals surface area contributed by atoms with E-state index in [2.05, 4.69) is 14.6 Å². The van der Waals surface area contributed by atoms with Crippen LogP contribution in [0.1, 0.15) is 19.3 Å². The lowest BCUT2D eigenvalue weighted by molar-refractivity contribution is 0.312. The van der Waals surface area contributed by atoms with Crippen molar-refractivity contribution in [1.29, 1.82) is 0 Å². The van der Waals surface area contributed by atoms with E-state index in [0.29, 0.717) is 6.42 Å². The maximum Gasteiger partial charge on any atom is 0.276 e. The van der Waals surface area contributed by atoms with E-state index in [-0.39, 0.29) is 17.8 Å². The minimum atomic E-state index is -3.47. The lowest BCUT2D eigenvalue weighted by Crippen LogP contribution is -2.46. The van der Waals surface area contributed by atoms with Gasteiger partial charge >= 0.3 is 0 Å². The molecule has 0 aliphatic heterocycles. The summed E-state index contributed by atoms with van der Waals surface area (Å²) >= 11 is 0. The highest BCUT2D eigenvalue weighted by atomic mass is 32.2. The molecule has 0 aromatic heterocycles. The topological polar surface area (TPSA) is 117 Å². The van der Waals surface area contributed by atoms with E-state index in [1.165, 1.54) is 7.05 Å². The van der Waals surface area contributed by atoms with Gasteiger partial charge in [0.1, 0.15) is 5.84 Å².